The van der Waals surface area contributed by atoms with Gasteiger partial charge in [-0.1, -0.05) is 17.3 Å². The van der Waals surface area contributed by atoms with Gasteiger partial charge in [-0.25, -0.2) is 0 Å². The number of carbonyl (C=O) groups excluding carboxylic acids is 1. The monoisotopic (exact) mass is 407 g/mol. The minimum absolute atomic E-state index is 0.0803. The van der Waals surface area contributed by atoms with Gasteiger partial charge in [-0.15, -0.1) is 0 Å². The lowest BCUT2D eigenvalue weighted by Crippen LogP contribution is -2.24. The SMILES string of the molecule is CCOc1ccc(CN2CC(c3nc(-c4ccc5c(c4)OCO5)no3)CC2=O)cc1. The number of aromatic nitrogens is 2. The van der Waals surface area contributed by atoms with Gasteiger partial charge in [0.1, 0.15) is 5.75 Å². The van der Waals surface area contributed by atoms with Gasteiger partial charge in [0.15, 0.2) is 11.5 Å². The third-order valence-corrected chi connectivity index (χ3v) is 5.24. The van der Waals surface area contributed by atoms with E-state index in [1.165, 1.54) is 0 Å². The lowest BCUT2D eigenvalue weighted by atomic mass is 10.1. The summed E-state index contributed by atoms with van der Waals surface area (Å²) in [5, 5.41) is 4.09. The van der Waals surface area contributed by atoms with E-state index in [0.717, 1.165) is 16.9 Å². The van der Waals surface area contributed by atoms with Crippen molar-refractivity contribution in [2.75, 3.05) is 19.9 Å². The van der Waals surface area contributed by atoms with Crippen LogP contribution < -0.4 is 14.2 Å². The molecule has 154 valence electrons. The average molecular weight is 407 g/mol. The van der Waals surface area contributed by atoms with Crippen LogP contribution in [-0.2, 0) is 11.3 Å². The molecule has 2 aliphatic rings. The summed E-state index contributed by atoms with van der Waals surface area (Å²) in [6.07, 6.45) is 0.361. The first-order chi connectivity index (χ1) is 14.7. The van der Waals surface area contributed by atoms with E-state index in [0.29, 0.717) is 49.3 Å². The van der Waals surface area contributed by atoms with Crippen molar-refractivity contribution in [1.29, 1.82) is 0 Å². The molecule has 0 N–H and O–H groups in total. The molecule has 0 bridgehead atoms. The van der Waals surface area contributed by atoms with E-state index in [-0.39, 0.29) is 18.6 Å². The molecule has 8 heteroatoms. The molecule has 2 aliphatic heterocycles. The molecule has 1 saturated heterocycles. The van der Waals surface area contributed by atoms with Crippen molar-refractivity contribution in [3.05, 3.63) is 53.9 Å². The molecule has 30 heavy (non-hydrogen) atoms. The van der Waals surface area contributed by atoms with Crippen molar-refractivity contribution in [3.63, 3.8) is 0 Å². The van der Waals surface area contributed by atoms with Crippen LogP contribution >= 0.6 is 0 Å². The molecule has 8 nitrogen and oxygen atoms in total. The fourth-order valence-electron chi connectivity index (χ4n) is 3.72. The van der Waals surface area contributed by atoms with Crippen LogP contribution in [0.5, 0.6) is 17.2 Å². The number of benzene rings is 2. The fraction of sp³-hybridized carbons (Fsp3) is 0.318. The van der Waals surface area contributed by atoms with Crippen LogP contribution in [0.15, 0.2) is 47.0 Å². The zero-order valence-corrected chi connectivity index (χ0v) is 16.5. The first kappa shape index (κ1) is 18.5. The Balaban J connectivity index is 1.26. The summed E-state index contributed by atoms with van der Waals surface area (Å²) in [6.45, 7) is 3.89. The summed E-state index contributed by atoms with van der Waals surface area (Å²) < 4.78 is 21.7. The van der Waals surface area contributed by atoms with Gasteiger partial charge in [0.05, 0.1) is 12.5 Å². The lowest BCUT2D eigenvalue weighted by Gasteiger charge is -2.16. The van der Waals surface area contributed by atoms with Gasteiger partial charge in [-0.3, -0.25) is 4.79 Å². The zero-order valence-electron chi connectivity index (χ0n) is 16.5. The molecule has 1 aromatic heterocycles. The smallest absolute Gasteiger partial charge is 0.232 e. The van der Waals surface area contributed by atoms with E-state index in [1.807, 2.05) is 54.3 Å². The molecule has 1 atom stereocenters. The molecule has 3 heterocycles. The van der Waals surface area contributed by atoms with Gasteiger partial charge in [0.25, 0.3) is 0 Å². The van der Waals surface area contributed by atoms with Crippen LogP contribution in [0.3, 0.4) is 0 Å². The standard InChI is InChI=1S/C22H21N3O5/c1-2-27-17-6-3-14(4-7-17)11-25-12-16(10-20(25)26)22-23-21(24-30-22)15-5-8-18-19(9-15)29-13-28-18/h3-9,16H,2,10-13H2,1H3. The Morgan fingerprint density at radius 3 is 2.80 bits per heavy atom. The number of nitrogens with zero attached hydrogens (tertiary/aromatic N) is 3. The summed E-state index contributed by atoms with van der Waals surface area (Å²) in [7, 11) is 0. The number of rotatable bonds is 6. The second kappa shape index (κ2) is 7.70. The molecule has 1 unspecified atom stereocenters. The molecule has 3 aromatic rings. The highest BCUT2D eigenvalue weighted by molar-refractivity contribution is 5.79. The predicted octanol–water partition coefficient (Wildman–Crippen LogP) is 3.38. The van der Waals surface area contributed by atoms with E-state index < -0.39 is 0 Å². The predicted molar refractivity (Wildman–Crippen MR) is 106 cm³/mol. The van der Waals surface area contributed by atoms with Gasteiger partial charge in [0.2, 0.25) is 24.4 Å². The maximum Gasteiger partial charge on any atom is 0.232 e. The van der Waals surface area contributed by atoms with E-state index in [4.69, 9.17) is 18.7 Å². The molecule has 1 amide bonds. The van der Waals surface area contributed by atoms with Crippen LogP contribution in [0.4, 0.5) is 0 Å². The highest BCUT2D eigenvalue weighted by atomic mass is 16.7. The highest BCUT2D eigenvalue weighted by Crippen LogP contribution is 2.36. The number of ether oxygens (including phenoxy) is 3. The molecule has 0 spiro atoms. The maximum atomic E-state index is 12.5. The Kier molecular flexibility index (Phi) is 4.74. The fourth-order valence-corrected chi connectivity index (χ4v) is 3.72. The van der Waals surface area contributed by atoms with Crippen molar-refractivity contribution < 1.29 is 23.5 Å². The normalized spacial score (nSPS) is 17.6. The summed E-state index contributed by atoms with van der Waals surface area (Å²) in [6, 6.07) is 13.3. The third kappa shape index (κ3) is 3.56. The van der Waals surface area contributed by atoms with E-state index >= 15 is 0 Å². The molecule has 0 aliphatic carbocycles. The molecule has 0 saturated carbocycles. The summed E-state index contributed by atoms with van der Waals surface area (Å²) in [5.41, 5.74) is 1.84. The Labute approximate surface area is 173 Å². The third-order valence-electron chi connectivity index (χ3n) is 5.24. The zero-order chi connectivity index (χ0) is 20.5. The van der Waals surface area contributed by atoms with Crippen LogP contribution in [-0.4, -0.2) is 40.9 Å². The first-order valence-corrected chi connectivity index (χ1v) is 9.92. The molecular weight excluding hydrogens is 386 g/mol. The van der Waals surface area contributed by atoms with E-state index in [2.05, 4.69) is 10.1 Å². The van der Waals surface area contributed by atoms with Crippen molar-refractivity contribution in [2.45, 2.75) is 25.8 Å². The van der Waals surface area contributed by atoms with Crippen molar-refractivity contribution in [2.24, 2.45) is 0 Å². The number of amides is 1. The summed E-state index contributed by atoms with van der Waals surface area (Å²) >= 11 is 0. The minimum Gasteiger partial charge on any atom is -0.494 e. The van der Waals surface area contributed by atoms with Crippen molar-refractivity contribution in [3.8, 4) is 28.6 Å². The maximum absolute atomic E-state index is 12.5. The highest BCUT2D eigenvalue weighted by Gasteiger charge is 2.34. The van der Waals surface area contributed by atoms with Gasteiger partial charge in [-0.2, -0.15) is 4.98 Å². The van der Waals surface area contributed by atoms with Crippen LogP contribution in [0.25, 0.3) is 11.4 Å². The first-order valence-electron chi connectivity index (χ1n) is 9.92. The van der Waals surface area contributed by atoms with Crippen LogP contribution in [0.2, 0.25) is 0 Å². The second-order valence-electron chi connectivity index (χ2n) is 7.28. The number of hydrogen-bond donors (Lipinski definition) is 0. The van der Waals surface area contributed by atoms with Crippen LogP contribution in [0, 0.1) is 0 Å². The van der Waals surface area contributed by atoms with Gasteiger partial charge in [0, 0.05) is 25.1 Å². The summed E-state index contributed by atoms with van der Waals surface area (Å²) in [4.78, 5) is 18.9. The number of hydrogen-bond acceptors (Lipinski definition) is 7. The average Bonchev–Trinajstić information content (AvgIpc) is 3.49. The summed E-state index contributed by atoms with van der Waals surface area (Å²) in [5.74, 6) is 3.11. The number of fused-ring (bicyclic) bond motifs is 1. The van der Waals surface area contributed by atoms with Gasteiger partial charge < -0.3 is 23.6 Å². The Morgan fingerprint density at radius 1 is 1.13 bits per heavy atom. The number of likely N-dealkylation sites (tertiary alicyclic amines) is 1. The van der Waals surface area contributed by atoms with Crippen molar-refractivity contribution in [1.82, 2.24) is 15.0 Å². The molecular formula is C22H21N3O5. The minimum atomic E-state index is -0.115. The molecule has 2 aromatic carbocycles. The Bertz CT molecular complexity index is 1060. The Hall–Kier alpha value is -3.55. The molecule has 5 rings (SSSR count). The van der Waals surface area contributed by atoms with E-state index in [1.54, 1.807) is 0 Å². The van der Waals surface area contributed by atoms with E-state index in [9.17, 15) is 4.79 Å². The number of carbonyl (C=O) groups is 1. The Morgan fingerprint density at radius 2 is 1.97 bits per heavy atom. The van der Waals surface area contributed by atoms with Crippen LogP contribution in [0.1, 0.15) is 30.7 Å². The quantitative estimate of drug-likeness (QED) is 0.619. The topological polar surface area (TPSA) is 86.9 Å². The van der Waals surface area contributed by atoms with Gasteiger partial charge >= 0.3 is 0 Å². The lowest BCUT2D eigenvalue weighted by molar-refractivity contribution is -0.128. The molecule has 0 radical (unpaired) electrons. The van der Waals surface area contributed by atoms with Crippen molar-refractivity contribution >= 4 is 5.91 Å². The molecule has 1 fully saturated rings. The largest absolute Gasteiger partial charge is 0.494 e. The van der Waals surface area contributed by atoms with Gasteiger partial charge in [-0.05, 0) is 42.8 Å². The second-order valence-corrected chi connectivity index (χ2v) is 7.28.